The normalized spacial score (nSPS) is 16.4. The van der Waals surface area contributed by atoms with Crippen molar-refractivity contribution in [2.45, 2.75) is 25.9 Å². The molecule has 1 amide bonds. The average Bonchev–Trinajstić information content (AvgIpc) is 3.15. The fourth-order valence-corrected chi connectivity index (χ4v) is 3.46. The van der Waals surface area contributed by atoms with Crippen LogP contribution in [0.15, 0.2) is 54.9 Å². The number of fused-ring (bicyclic) bond motifs is 1. The zero-order chi connectivity index (χ0) is 18.1. The summed E-state index contributed by atoms with van der Waals surface area (Å²) in [6.45, 7) is 3.30. The van der Waals surface area contributed by atoms with E-state index in [2.05, 4.69) is 10.1 Å². The number of benzene rings is 2. The molecule has 0 radical (unpaired) electrons. The van der Waals surface area contributed by atoms with E-state index < -0.39 is 0 Å². The SMILES string of the molecule is CCn1ncnc1-c1ccc(C(=O)N2CC(N)Cc3ccccc32)cc1. The topological polar surface area (TPSA) is 77.0 Å². The van der Waals surface area contributed by atoms with Gasteiger partial charge in [-0.1, -0.05) is 30.3 Å². The van der Waals surface area contributed by atoms with E-state index in [0.717, 1.165) is 35.6 Å². The van der Waals surface area contributed by atoms with Crippen molar-refractivity contribution >= 4 is 11.6 Å². The van der Waals surface area contributed by atoms with Crippen molar-refractivity contribution in [1.29, 1.82) is 0 Å². The highest BCUT2D eigenvalue weighted by molar-refractivity contribution is 6.07. The van der Waals surface area contributed by atoms with Crippen LogP contribution in [0.1, 0.15) is 22.8 Å². The Morgan fingerprint density at radius 2 is 1.96 bits per heavy atom. The molecule has 0 aliphatic carbocycles. The molecular formula is C20H21N5O. The maximum Gasteiger partial charge on any atom is 0.258 e. The third-order valence-corrected chi connectivity index (χ3v) is 4.73. The number of amides is 1. The van der Waals surface area contributed by atoms with Gasteiger partial charge in [0.15, 0.2) is 5.82 Å². The van der Waals surface area contributed by atoms with Crippen molar-refractivity contribution in [1.82, 2.24) is 14.8 Å². The van der Waals surface area contributed by atoms with Crippen LogP contribution in [0, 0.1) is 0 Å². The second-order valence-corrected chi connectivity index (χ2v) is 6.49. The van der Waals surface area contributed by atoms with Gasteiger partial charge in [0.25, 0.3) is 5.91 Å². The molecule has 1 aliphatic heterocycles. The molecule has 0 saturated carbocycles. The van der Waals surface area contributed by atoms with Gasteiger partial charge in [-0.3, -0.25) is 4.79 Å². The van der Waals surface area contributed by atoms with Gasteiger partial charge in [0.1, 0.15) is 6.33 Å². The quantitative estimate of drug-likeness (QED) is 0.790. The molecule has 0 bridgehead atoms. The number of anilines is 1. The summed E-state index contributed by atoms with van der Waals surface area (Å²) < 4.78 is 1.83. The summed E-state index contributed by atoms with van der Waals surface area (Å²) >= 11 is 0. The smallest absolute Gasteiger partial charge is 0.258 e. The lowest BCUT2D eigenvalue weighted by atomic mass is 9.97. The number of rotatable bonds is 3. The van der Waals surface area contributed by atoms with Crippen molar-refractivity contribution < 1.29 is 4.79 Å². The van der Waals surface area contributed by atoms with Gasteiger partial charge in [-0.25, -0.2) is 9.67 Å². The zero-order valence-electron chi connectivity index (χ0n) is 14.7. The monoisotopic (exact) mass is 347 g/mol. The molecule has 6 heteroatoms. The van der Waals surface area contributed by atoms with E-state index in [0.29, 0.717) is 12.1 Å². The average molecular weight is 347 g/mol. The number of nitrogens with zero attached hydrogens (tertiary/aromatic N) is 4. The third kappa shape index (κ3) is 2.88. The molecule has 0 spiro atoms. The number of nitrogens with two attached hydrogens (primary N) is 1. The summed E-state index contributed by atoms with van der Waals surface area (Å²) in [6, 6.07) is 15.4. The molecule has 1 aliphatic rings. The summed E-state index contributed by atoms with van der Waals surface area (Å²) in [5.41, 5.74) is 9.82. The number of carbonyl (C=O) groups excluding carboxylic acids is 1. The predicted octanol–water partition coefficient (Wildman–Crippen LogP) is 2.50. The fourth-order valence-electron chi connectivity index (χ4n) is 3.46. The molecule has 2 heterocycles. The minimum absolute atomic E-state index is 0.0314. The molecule has 1 atom stereocenters. The van der Waals surface area contributed by atoms with Gasteiger partial charge in [0.05, 0.1) is 0 Å². The molecule has 6 nitrogen and oxygen atoms in total. The van der Waals surface area contributed by atoms with Crippen LogP contribution in [-0.2, 0) is 13.0 Å². The van der Waals surface area contributed by atoms with Crippen molar-refractivity contribution in [3.05, 3.63) is 66.0 Å². The summed E-state index contributed by atoms with van der Waals surface area (Å²) in [6.07, 6.45) is 2.34. The van der Waals surface area contributed by atoms with Crippen molar-refractivity contribution in [2.75, 3.05) is 11.4 Å². The first kappa shape index (κ1) is 16.5. The number of aromatic nitrogens is 3. The Morgan fingerprint density at radius 1 is 1.19 bits per heavy atom. The number of carbonyl (C=O) groups is 1. The molecule has 3 aromatic rings. The third-order valence-electron chi connectivity index (χ3n) is 4.73. The standard InChI is InChI=1S/C20H21N5O/c1-2-25-19(22-13-23-25)14-7-9-15(10-8-14)20(26)24-12-17(21)11-16-5-3-4-6-18(16)24/h3-10,13,17H,2,11-12,21H2,1H3. The highest BCUT2D eigenvalue weighted by Crippen LogP contribution is 2.28. The molecule has 26 heavy (non-hydrogen) atoms. The molecule has 1 unspecified atom stereocenters. The van der Waals surface area contributed by atoms with Gasteiger partial charge < -0.3 is 10.6 Å². The van der Waals surface area contributed by atoms with Gasteiger partial charge in [0, 0.05) is 35.9 Å². The van der Waals surface area contributed by atoms with Gasteiger partial charge in [-0.2, -0.15) is 5.10 Å². The van der Waals surface area contributed by atoms with E-state index >= 15 is 0 Å². The van der Waals surface area contributed by atoms with E-state index in [9.17, 15) is 4.79 Å². The maximum absolute atomic E-state index is 13.1. The first-order chi connectivity index (χ1) is 12.7. The summed E-state index contributed by atoms with van der Waals surface area (Å²) in [4.78, 5) is 19.2. The highest BCUT2D eigenvalue weighted by Gasteiger charge is 2.27. The Kier molecular flexibility index (Phi) is 4.26. The molecule has 2 aromatic carbocycles. The van der Waals surface area contributed by atoms with E-state index in [1.165, 1.54) is 0 Å². The lowest BCUT2D eigenvalue weighted by Crippen LogP contribution is -2.46. The minimum Gasteiger partial charge on any atom is -0.326 e. The van der Waals surface area contributed by atoms with Crippen molar-refractivity contribution in [3.63, 3.8) is 0 Å². The van der Waals surface area contributed by atoms with E-state index in [1.54, 1.807) is 11.2 Å². The van der Waals surface area contributed by atoms with Gasteiger partial charge in [-0.05, 0) is 37.1 Å². The summed E-state index contributed by atoms with van der Waals surface area (Å²) in [7, 11) is 0. The van der Waals surface area contributed by atoms with Crippen molar-refractivity contribution in [3.8, 4) is 11.4 Å². The van der Waals surface area contributed by atoms with E-state index in [4.69, 9.17) is 5.73 Å². The number of hydrogen-bond acceptors (Lipinski definition) is 4. The Hall–Kier alpha value is -2.99. The van der Waals surface area contributed by atoms with Gasteiger partial charge in [0.2, 0.25) is 0 Å². The van der Waals surface area contributed by atoms with Gasteiger partial charge >= 0.3 is 0 Å². The second kappa shape index (κ2) is 6.72. The van der Waals surface area contributed by atoms with Crippen LogP contribution in [0.25, 0.3) is 11.4 Å². The fraction of sp³-hybridized carbons (Fsp3) is 0.250. The number of para-hydroxylation sites is 1. The van der Waals surface area contributed by atoms with Crippen LogP contribution in [0.5, 0.6) is 0 Å². The molecule has 2 N–H and O–H groups in total. The van der Waals surface area contributed by atoms with Crippen molar-refractivity contribution in [2.24, 2.45) is 5.73 Å². The maximum atomic E-state index is 13.1. The molecule has 0 saturated heterocycles. The first-order valence-corrected chi connectivity index (χ1v) is 8.81. The highest BCUT2D eigenvalue weighted by atomic mass is 16.2. The van der Waals surface area contributed by atoms with Crippen LogP contribution in [-0.4, -0.2) is 33.3 Å². The first-order valence-electron chi connectivity index (χ1n) is 8.81. The predicted molar refractivity (Wildman–Crippen MR) is 101 cm³/mol. The Balaban J connectivity index is 1.63. The zero-order valence-corrected chi connectivity index (χ0v) is 14.7. The lowest BCUT2D eigenvalue weighted by Gasteiger charge is -2.33. The van der Waals surface area contributed by atoms with Crippen LogP contribution in [0.2, 0.25) is 0 Å². The Labute approximate surface area is 152 Å². The number of aryl methyl sites for hydroxylation is 1. The van der Waals surface area contributed by atoms with E-state index in [-0.39, 0.29) is 11.9 Å². The Bertz CT molecular complexity index is 931. The van der Waals surface area contributed by atoms with Gasteiger partial charge in [-0.15, -0.1) is 0 Å². The molecule has 132 valence electrons. The molecule has 0 fully saturated rings. The number of hydrogen-bond donors (Lipinski definition) is 1. The van der Waals surface area contributed by atoms with Crippen LogP contribution in [0.4, 0.5) is 5.69 Å². The summed E-state index contributed by atoms with van der Waals surface area (Å²) in [5, 5.41) is 4.19. The van der Waals surface area contributed by atoms with Crippen LogP contribution in [0.3, 0.4) is 0 Å². The second-order valence-electron chi connectivity index (χ2n) is 6.49. The van der Waals surface area contributed by atoms with Crippen LogP contribution < -0.4 is 10.6 Å². The lowest BCUT2D eigenvalue weighted by molar-refractivity contribution is 0.0983. The summed E-state index contributed by atoms with van der Waals surface area (Å²) in [5.74, 6) is 0.771. The van der Waals surface area contributed by atoms with E-state index in [1.807, 2.05) is 60.1 Å². The molecular weight excluding hydrogens is 326 g/mol. The largest absolute Gasteiger partial charge is 0.326 e. The Morgan fingerprint density at radius 3 is 2.73 bits per heavy atom. The minimum atomic E-state index is -0.0452. The molecule has 4 rings (SSSR count). The molecule has 1 aromatic heterocycles. The van der Waals surface area contributed by atoms with Crippen LogP contribution >= 0.6 is 0 Å².